The van der Waals surface area contributed by atoms with Gasteiger partial charge < -0.3 is 44.9 Å². The number of rotatable bonds is 44. The second kappa shape index (κ2) is 42.6. The van der Waals surface area contributed by atoms with Crippen LogP contribution in [-0.2, 0) is 52.5 Å². The van der Waals surface area contributed by atoms with Crippen LogP contribution in [0.5, 0.6) is 0 Å². The lowest BCUT2D eigenvalue weighted by Gasteiger charge is -2.27. The number of aliphatic carboxylic acids is 3. The third-order valence-electron chi connectivity index (χ3n) is 9.76. The maximum Gasteiger partial charge on any atom is 0.320 e. The molecule has 2 aliphatic rings. The molecule has 2 atom stereocenters. The van der Waals surface area contributed by atoms with Crippen molar-refractivity contribution in [3.05, 3.63) is 0 Å². The largest absolute Gasteiger partial charge is 0.481 e. The third-order valence-corrected chi connectivity index (χ3v) is 23.1. The Morgan fingerprint density at radius 2 is 1.09 bits per heavy atom. The second-order valence-corrected chi connectivity index (χ2v) is 25.7. The zero-order valence-electron chi connectivity index (χ0n) is 38.9. The maximum atomic E-state index is 12.4. The van der Waals surface area contributed by atoms with Crippen molar-refractivity contribution in [2.75, 3.05) is 71.7 Å². The van der Waals surface area contributed by atoms with Gasteiger partial charge in [0.05, 0.1) is 39.0 Å². The highest BCUT2D eigenvalue weighted by molar-refractivity contribution is 9.14. The van der Waals surface area contributed by atoms with Gasteiger partial charge in [0.1, 0.15) is 29.7 Å². The van der Waals surface area contributed by atoms with Gasteiger partial charge in [0, 0.05) is 51.8 Å². The van der Waals surface area contributed by atoms with Gasteiger partial charge in [0.15, 0.2) is 8.53 Å². The van der Waals surface area contributed by atoms with Crippen LogP contribution in [-0.4, -0.2) is 142 Å². The van der Waals surface area contributed by atoms with E-state index < -0.39 is 29.9 Å². The van der Waals surface area contributed by atoms with Gasteiger partial charge in [-0.25, -0.2) is 0 Å². The lowest BCUT2D eigenvalue weighted by Crippen LogP contribution is -2.41. The average molecular weight is 1080 g/mol. The van der Waals surface area contributed by atoms with Gasteiger partial charge in [-0.3, -0.25) is 38.9 Å². The monoisotopic (exact) mass is 1080 g/mol. The highest BCUT2D eigenvalue weighted by Gasteiger charge is 2.52. The van der Waals surface area contributed by atoms with Crippen molar-refractivity contribution in [2.45, 2.75) is 149 Å². The summed E-state index contributed by atoms with van der Waals surface area (Å²) in [5.74, 6) is -3.40. The van der Waals surface area contributed by atoms with Crippen LogP contribution >= 0.6 is 77.4 Å². The number of nitrogens with one attached hydrogen (secondary N) is 3. The first-order chi connectivity index (χ1) is 32.3. The molecule has 1 spiro atoms. The minimum absolute atomic E-state index is 0.00930. The summed E-state index contributed by atoms with van der Waals surface area (Å²) in [6.45, 7) is 4.01. The van der Waals surface area contributed by atoms with Gasteiger partial charge in [-0.05, 0) is 93.9 Å². The van der Waals surface area contributed by atoms with Gasteiger partial charge in [-0.1, -0.05) is 79.9 Å². The van der Waals surface area contributed by atoms with E-state index in [2.05, 4.69) is 28.6 Å². The smallest absolute Gasteiger partial charge is 0.320 e. The van der Waals surface area contributed by atoms with Crippen LogP contribution in [0.15, 0.2) is 0 Å². The summed E-state index contributed by atoms with van der Waals surface area (Å²) >= 11 is 3.79. The molecule has 0 saturated carbocycles. The summed E-state index contributed by atoms with van der Waals surface area (Å²) in [5, 5.41) is 36.5. The van der Waals surface area contributed by atoms with Gasteiger partial charge >= 0.3 is 17.9 Å². The van der Waals surface area contributed by atoms with Gasteiger partial charge in [0.2, 0.25) is 11.8 Å². The summed E-state index contributed by atoms with van der Waals surface area (Å²) in [6, 6.07) is -0.637. The minimum Gasteiger partial charge on any atom is -0.481 e. The summed E-state index contributed by atoms with van der Waals surface area (Å²) < 4.78 is 21.8. The number of Topliss-reactive ketones (excluding diaryl/α,β-unsaturated/α-hetero) is 2. The summed E-state index contributed by atoms with van der Waals surface area (Å²) in [7, 11) is 10.5. The molecule has 6 N–H and O–H groups in total. The van der Waals surface area contributed by atoms with Gasteiger partial charge in [-0.15, -0.1) is 0 Å². The number of carboxylic acids is 3. The van der Waals surface area contributed by atoms with Crippen molar-refractivity contribution in [3.63, 3.8) is 0 Å². The first kappa shape index (κ1) is 64.0. The number of hydrogen-bond acceptors (Lipinski definition) is 19. The molecule has 24 heteroatoms. The zero-order chi connectivity index (χ0) is 49.4. The zero-order valence-corrected chi connectivity index (χ0v) is 44.7. The molecule has 0 bridgehead atoms. The number of ether oxygens (including phenoxy) is 4. The molecule has 0 radical (unpaired) electrons. The number of amides is 2. The van der Waals surface area contributed by atoms with E-state index in [1.165, 1.54) is 0 Å². The fraction of sp³-hybridized carbons (Fsp3) is 0.837. The number of thiol groups is 1. The van der Waals surface area contributed by atoms with Crippen molar-refractivity contribution in [1.29, 1.82) is 0 Å². The Hall–Kier alpha value is -1.06. The van der Waals surface area contributed by atoms with E-state index in [0.717, 1.165) is 70.0 Å². The Morgan fingerprint density at radius 1 is 0.552 bits per heavy atom. The summed E-state index contributed by atoms with van der Waals surface area (Å²) in [4.78, 5) is 82.6. The second-order valence-electron chi connectivity index (χ2n) is 15.6. The Labute approximate surface area is 426 Å². The summed E-state index contributed by atoms with van der Waals surface area (Å²) in [6.07, 6.45) is 13.0. The van der Waals surface area contributed by atoms with Crippen LogP contribution in [0, 0.1) is 5.92 Å². The molecule has 0 unspecified atom stereocenters. The van der Waals surface area contributed by atoms with E-state index in [9.17, 15) is 43.8 Å². The van der Waals surface area contributed by atoms with Crippen LogP contribution < -0.4 is 16.0 Å². The van der Waals surface area contributed by atoms with E-state index >= 15 is 0 Å². The molecule has 2 saturated heterocycles. The third kappa shape index (κ3) is 38.3. The predicted molar refractivity (Wildman–Crippen MR) is 277 cm³/mol. The highest BCUT2D eigenvalue weighted by Crippen LogP contribution is 2.84. The molecule has 388 valence electrons. The molecule has 2 amide bonds. The number of carboxylic acid groups (broad SMARTS) is 3. The van der Waals surface area contributed by atoms with E-state index in [0.29, 0.717) is 45.3 Å². The number of unbranched alkanes of at least 4 members (excludes halogenated alkanes) is 10. The molecule has 67 heavy (non-hydrogen) atoms. The van der Waals surface area contributed by atoms with Crippen molar-refractivity contribution >= 4 is 119 Å². The number of hydrogen-bond donors (Lipinski definition) is 7. The molecule has 0 aromatic heterocycles. The summed E-state index contributed by atoms with van der Waals surface area (Å²) in [5.41, 5.74) is 0. The number of carbonyl (C=O) groups is 7. The Bertz CT molecular complexity index is 1400. The van der Waals surface area contributed by atoms with E-state index in [-0.39, 0.29) is 116 Å². The standard InChI is InChI=1S/C41H69N3O14S6.C2H6S/c45-32(14-9-7-5-3-1-2-4-6-8-10-17-37(49)50)28-31(38(51)52)18-19-35(47)43-21-23-56-25-26-57-29-33(46)15-13-22-55-24-27-58-30-36(48)42-20-12-11-16-34(39(53)54)44-40-59-61-41(62-60-40)63-64-41;1-2-3/h31,34,40,44H,1-30H2,(H,42,48)(H,43,47)(H,49,50)(H,51,52)(H,53,54);3H,2H2,1H3/t31-,34+;/m1./s1. The number of carbonyl (C=O) groups excluding carboxylic acids is 4. The van der Waals surface area contributed by atoms with Crippen molar-refractivity contribution in [3.8, 4) is 0 Å². The fourth-order valence-electron chi connectivity index (χ4n) is 6.17. The molecular formula is C43H75N3O14S7. The quantitative estimate of drug-likeness (QED) is 0.0132. The topological polar surface area (TPSA) is 253 Å². The Balaban J connectivity index is 0.00000727. The van der Waals surface area contributed by atoms with Crippen molar-refractivity contribution in [1.82, 2.24) is 16.0 Å². The molecule has 0 aliphatic carbocycles. The highest BCUT2D eigenvalue weighted by atomic mass is 33.2. The molecule has 2 rings (SSSR count). The maximum absolute atomic E-state index is 12.4. The van der Waals surface area contributed by atoms with E-state index in [1.54, 1.807) is 43.2 Å². The molecule has 2 fully saturated rings. The first-order valence-electron chi connectivity index (χ1n) is 23.3. The van der Waals surface area contributed by atoms with Crippen LogP contribution in [0.1, 0.15) is 135 Å². The molecule has 17 nitrogen and oxygen atoms in total. The van der Waals surface area contributed by atoms with E-state index in [1.807, 2.05) is 28.5 Å². The molecule has 2 aliphatic heterocycles. The van der Waals surface area contributed by atoms with Crippen LogP contribution in [0.3, 0.4) is 0 Å². The molecular weight excluding hydrogens is 1010 g/mol. The predicted octanol–water partition coefficient (Wildman–Crippen LogP) is 8.06. The minimum atomic E-state index is -1.08. The average Bonchev–Trinajstić information content (AvgIpc) is 4.05. The van der Waals surface area contributed by atoms with Gasteiger partial charge in [0.25, 0.3) is 0 Å². The Morgan fingerprint density at radius 3 is 1.67 bits per heavy atom. The van der Waals surface area contributed by atoms with Crippen LogP contribution in [0.4, 0.5) is 0 Å². The molecule has 0 aromatic carbocycles. The Kier molecular flexibility index (Phi) is 40.7. The molecule has 2 heterocycles. The van der Waals surface area contributed by atoms with Crippen molar-refractivity contribution in [2.24, 2.45) is 5.92 Å². The first-order valence-corrected chi connectivity index (χ1v) is 30.5. The number of ketones is 2. The van der Waals surface area contributed by atoms with Gasteiger partial charge in [-0.2, -0.15) is 12.6 Å². The van der Waals surface area contributed by atoms with Crippen molar-refractivity contribution < 1.29 is 67.8 Å². The SMILES string of the molecule is CCS.O=C(O)CCCCCCCCCCCCC(=O)C[C@@H](CCC(=O)NCCOCCOCC(=O)CCCOCCOCC(=O)NCCCC[C@H](NC1SSC2(SS1)SS2)C(=O)O)C(=O)O. The van der Waals surface area contributed by atoms with Crippen LogP contribution in [0.2, 0.25) is 0 Å². The lowest BCUT2D eigenvalue weighted by atomic mass is 9.94. The lowest BCUT2D eigenvalue weighted by molar-refractivity contribution is -0.144. The molecule has 0 aromatic rings. The fourth-order valence-corrected chi connectivity index (χ4v) is 19.1. The van der Waals surface area contributed by atoms with E-state index in [4.69, 9.17) is 24.1 Å². The normalized spacial score (nSPS) is 15.0. The van der Waals surface area contributed by atoms with Crippen LogP contribution in [0.25, 0.3) is 0 Å².